The van der Waals surface area contributed by atoms with Crippen LogP contribution in [0.3, 0.4) is 0 Å². The quantitative estimate of drug-likeness (QED) is 0.657. The third-order valence-corrected chi connectivity index (χ3v) is 1.94. The Bertz CT molecular complexity index is 236. The Balaban J connectivity index is 2.85. The van der Waals surface area contributed by atoms with Gasteiger partial charge in [0.15, 0.2) is 0 Å². The van der Waals surface area contributed by atoms with Crippen molar-refractivity contribution in [3.8, 4) is 0 Å². The van der Waals surface area contributed by atoms with Gasteiger partial charge >= 0.3 is 0 Å². The van der Waals surface area contributed by atoms with Crippen LogP contribution in [0, 0.1) is 0 Å². The molecule has 11 heavy (non-hydrogen) atoms. The van der Waals surface area contributed by atoms with Gasteiger partial charge in [-0.1, -0.05) is 52.3 Å². The van der Waals surface area contributed by atoms with Crippen LogP contribution in [0.1, 0.15) is 12.5 Å². The molecule has 58 valence electrons. The molecule has 0 N–H and O–H groups in total. The van der Waals surface area contributed by atoms with Gasteiger partial charge in [-0.2, -0.15) is 0 Å². The van der Waals surface area contributed by atoms with Crippen molar-refractivity contribution in [3.05, 3.63) is 42.0 Å². The average molecular weight is 211 g/mol. The van der Waals surface area contributed by atoms with Crippen molar-refractivity contribution in [3.63, 3.8) is 0 Å². The topological polar surface area (TPSA) is 0 Å². The lowest BCUT2D eigenvalue weighted by Gasteiger charge is -1.98. The first-order chi connectivity index (χ1) is 5.34. The highest BCUT2D eigenvalue weighted by atomic mass is 79.9. The Morgan fingerprint density at radius 1 is 1.36 bits per heavy atom. The molecule has 0 fully saturated rings. The van der Waals surface area contributed by atoms with Crippen LogP contribution >= 0.6 is 15.9 Å². The van der Waals surface area contributed by atoms with Crippen LogP contribution in [0.4, 0.5) is 0 Å². The van der Waals surface area contributed by atoms with Crippen molar-refractivity contribution in [2.45, 2.75) is 6.92 Å². The van der Waals surface area contributed by atoms with E-state index in [9.17, 15) is 0 Å². The highest BCUT2D eigenvalue weighted by Crippen LogP contribution is 2.12. The van der Waals surface area contributed by atoms with Crippen LogP contribution in [-0.4, -0.2) is 5.33 Å². The van der Waals surface area contributed by atoms with Gasteiger partial charge in [-0.25, -0.2) is 0 Å². The summed E-state index contributed by atoms with van der Waals surface area (Å²) in [4.78, 5) is 0. The van der Waals surface area contributed by atoms with E-state index in [4.69, 9.17) is 0 Å². The second kappa shape index (κ2) is 4.35. The summed E-state index contributed by atoms with van der Waals surface area (Å²) in [5.41, 5.74) is 2.62. The number of allylic oxidation sites excluding steroid dienone is 2. The molecule has 1 aromatic carbocycles. The molecule has 0 aromatic heterocycles. The number of hydrogen-bond donors (Lipinski definition) is 0. The SMILES string of the molecule is C/C(=C/CBr)c1ccccc1. The van der Waals surface area contributed by atoms with Crippen molar-refractivity contribution in [2.24, 2.45) is 0 Å². The molecule has 0 radical (unpaired) electrons. The molecule has 1 aromatic rings. The van der Waals surface area contributed by atoms with E-state index in [0.717, 1.165) is 5.33 Å². The minimum Gasteiger partial charge on any atom is -0.0883 e. The highest BCUT2D eigenvalue weighted by molar-refractivity contribution is 9.09. The molecule has 0 nitrogen and oxygen atoms in total. The van der Waals surface area contributed by atoms with E-state index in [0.29, 0.717) is 0 Å². The zero-order valence-electron chi connectivity index (χ0n) is 6.55. The van der Waals surface area contributed by atoms with Crippen LogP contribution < -0.4 is 0 Å². The zero-order chi connectivity index (χ0) is 8.10. The number of rotatable bonds is 2. The third-order valence-electron chi connectivity index (χ3n) is 1.61. The predicted octanol–water partition coefficient (Wildman–Crippen LogP) is 3.48. The van der Waals surface area contributed by atoms with Crippen LogP contribution in [0.25, 0.3) is 5.57 Å². The maximum Gasteiger partial charge on any atom is 0.0217 e. The molecule has 0 atom stereocenters. The molecular formula is C10H11Br. The summed E-state index contributed by atoms with van der Waals surface area (Å²) >= 11 is 3.37. The van der Waals surface area contributed by atoms with Crippen molar-refractivity contribution >= 4 is 21.5 Å². The molecule has 0 saturated heterocycles. The normalized spacial score (nSPS) is 11.6. The lowest BCUT2D eigenvalue weighted by Crippen LogP contribution is -1.77. The van der Waals surface area contributed by atoms with Gasteiger partial charge < -0.3 is 0 Å². The van der Waals surface area contributed by atoms with Gasteiger partial charge in [-0.3, -0.25) is 0 Å². The monoisotopic (exact) mass is 210 g/mol. The Labute approximate surface area is 76.1 Å². The van der Waals surface area contributed by atoms with E-state index in [-0.39, 0.29) is 0 Å². The molecule has 0 saturated carbocycles. The summed E-state index contributed by atoms with van der Waals surface area (Å²) in [6.07, 6.45) is 2.16. The summed E-state index contributed by atoms with van der Waals surface area (Å²) in [5.74, 6) is 0. The van der Waals surface area contributed by atoms with Crippen LogP contribution in [0.5, 0.6) is 0 Å². The fraction of sp³-hybridized carbons (Fsp3) is 0.200. The van der Waals surface area contributed by atoms with E-state index < -0.39 is 0 Å². The van der Waals surface area contributed by atoms with Gasteiger partial charge in [0.1, 0.15) is 0 Å². The molecule has 0 amide bonds. The van der Waals surface area contributed by atoms with Gasteiger partial charge in [-0.15, -0.1) is 0 Å². The van der Waals surface area contributed by atoms with Crippen molar-refractivity contribution in [1.29, 1.82) is 0 Å². The summed E-state index contributed by atoms with van der Waals surface area (Å²) < 4.78 is 0. The van der Waals surface area contributed by atoms with Crippen LogP contribution in [0.15, 0.2) is 36.4 Å². The first-order valence-corrected chi connectivity index (χ1v) is 4.75. The summed E-state index contributed by atoms with van der Waals surface area (Å²) in [6, 6.07) is 10.4. The maximum atomic E-state index is 3.37. The summed E-state index contributed by atoms with van der Waals surface area (Å²) in [5, 5.41) is 0.924. The Morgan fingerprint density at radius 3 is 2.55 bits per heavy atom. The number of alkyl halides is 1. The minimum absolute atomic E-state index is 0.924. The van der Waals surface area contributed by atoms with E-state index in [1.165, 1.54) is 11.1 Å². The molecule has 0 bridgehead atoms. The first-order valence-electron chi connectivity index (χ1n) is 3.62. The van der Waals surface area contributed by atoms with E-state index in [1.807, 2.05) is 6.07 Å². The molecule has 0 aliphatic heterocycles. The molecule has 1 rings (SSSR count). The Morgan fingerprint density at radius 2 is 2.00 bits per heavy atom. The van der Waals surface area contributed by atoms with Gasteiger partial charge in [0, 0.05) is 5.33 Å². The van der Waals surface area contributed by atoms with E-state index in [2.05, 4.69) is 53.2 Å². The third kappa shape index (κ3) is 2.51. The number of hydrogen-bond acceptors (Lipinski definition) is 0. The molecule has 0 aliphatic rings. The standard InChI is InChI=1S/C10H11Br/c1-9(7-8-11)10-5-3-2-4-6-10/h2-7H,8H2,1H3/b9-7-. The second-order valence-corrected chi connectivity index (χ2v) is 3.05. The van der Waals surface area contributed by atoms with Crippen LogP contribution in [0.2, 0.25) is 0 Å². The molecule has 0 heterocycles. The number of halogens is 1. The fourth-order valence-electron chi connectivity index (χ4n) is 0.935. The Hall–Kier alpha value is -0.560. The lowest BCUT2D eigenvalue weighted by molar-refractivity contribution is 1.55. The lowest BCUT2D eigenvalue weighted by atomic mass is 10.1. The minimum atomic E-state index is 0.924. The second-order valence-electron chi connectivity index (χ2n) is 2.41. The van der Waals surface area contributed by atoms with Crippen LogP contribution in [-0.2, 0) is 0 Å². The largest absolute Gasteiger partial charge is 0.0883 e. The highest BCUT2D eigenvalue weighted by Gasteiger charge is 1.90. The summed E-state index contributed by atoms with van der Waals surface area (Å²) in [6.45, 7) is 2.12. The predicted molar refractivity (Wildman–Crippen MR) is 53.9 cm³/mol. The molecular weight excluding hydrogens is 200 g/mol. The number of benzene rings is 1. The zero-order valence-corrected chi connectivity index (χ0v) is 8.14. The molecule has 0 unspecified atom stereocenters. The molecule has 0 aliphatic carbocycles. The van der Waals surface area contributed by atoms with Gasteiger partial charge in [0.05, 0.1) is 0 Å². The van der Waals surface area contributed by atoms with Crippen molar-refractivity contribution in [1.82, 2.24) is 0 Å². The first kappa shape index (κ1) is 8.54. The van der Waals surface area contributed by atoms with E-state index >= 15 is 0 Å². The van der Waals surface area contributed by atoms with Gasteiger partial charge in [0.2, 0.25) is 0 Å². The summed E-state index contributed by atoms with van der Waals surface area (Å²) in [7, 11) is 0. The average Bonchev–Trinajstić information content (AvgIpc) is 2.07. The van der Waals surface area contributed by atoms with Crippen molar-refractivity contribution in [2.75, 3.05) is 5.33 Å². The van der Waals surface area contributed by atoms with Gasteiger partial charge in [-0.05, 0) is 18.1 Å². The maximum absolute atomic E-state index is 3.37. The van der Waals surface area contributed by atoms with E-state index in [1.54, 1.807) is 0 Å². The fourth-order valence-corrected chi connectivity index (χ4v) is 1.42. The van der Waals surface area contributed by atoms with Gasteiger partial charge in [0.25, 0.3) is 0 Å². The molecule has 1 heteroatoms. The molecule has 0 spiro atoms. The smallest absolute Gasteiger partial charge is 0.0217 e. The Kier molecular flexibility index (Phi) is 3.37. The van der Waals surface area contributed by atoms with Crippen molar-refractivity contribution < 1.29 is 0 Å².